The number of hydrogen-bond donors (Lipinski definition) is 0. The van der Waals surface area contributed by atoms with Crippen molar-refractivity contribution in [3.63, 3.8) is 0 Å². The molecule has 0 fully saturated rings. The van der Waals surface area contributed by atoms with Gasteiger partial charge in [0.2, 0.25) is 0 Å². The molecule has 0 saturated heterocycles. The quantitative estimate of drug-likeness (QED) is 0.480. The molecule has 0 atom stereocenters. The second kappa shape index (κ2) is 7.49. The third kappa shape index (κ3) is 3.52. The predicted molar refractivity (Wildman–Crippen MR) is 107 cm³/mol. The van der Waals surface area contributed by atoms with E-state index in [9.17, 15) is 4.79 Å². The fraction of sp³-hybridized carbons (Fsp3) is 0.158. The van der Waals surface area contributed by atoms with Crippen LogP contribution in [0.4, 0.5) is 0 Å². The number of amides is 1. The monoisotopic (exact) mass is 386 g/mol. The van der Waals surface area contributed by atoms with Gasteiger partial charge in [-0.25, -0.2) is 0 Å². The number of halogens is 1. The summed E-state index contributed by atoms with van der Waals surface area (Å²) >= 11 is 9.32. The highest BCUT2D eigenvalue weighted by Crippen LogP contribution is 2.28. The van der Waals surface area contributed by atoms with Crippen molar-refractivity contribution in [2.45, 2.75) is 18.4 Å². The first-order valence-corrected chi connectivity index (χ1v) is 9.92. The van der Waals surface area contributed by atoms with Crippen molar-refractivity contribution in [1.29, 1.82) is 0 Å². The maximum atomic E-state index is 12.6. The van der Waals surface area contributed by atoms with Gasteiger partial charge in [0.1, 0.15) is 0 Å². The molecule has 126 valence electrons. The van der Waals surface area contributed by atoms with Crippen LogP contribution in [0.25, 0.3) is 10.2 Å². The molecule has 0 aliphatic rings. The van der Waals surface area contributed by atoms with Crippen LogP contribution in [0.1, 0.15) is 15.9 Å². The van der Waals surface area contributed by atoms with Crippen molar-refractivity contribution >= 4 is 50.8 Å². The lowest BCUT2D eigenvalue weighted by atomic mass is 10.2. The number of benzene rings is 2. The third-order valence-electron chi connectivity index (χ3n) is 3.76. The predicted octanol–water partition coefficient (Wildman–Crippen LogP) is 4.76. The van der Waals surface area contributed by atoms with Gasteiger partial charge in [-0.05, 0) is 49.1 Å². The van der Waals surface area contributed by atoms with Gasteiger partial charge in [0.15, 0.2) is 4.80 Å². The molecule has 0 bridgehead atoms. The lowest BCUT2D eigenvalue weighted by Gasteiger charge is -2.03. The Morgan fingerprint density at radius 2 is 2.04 bits per heavy atom. The Hall–Kier alpha value is -2.00. The van der Waals surface area contributed by atoms with Crippen molar-refractivity contribution in [3.05, 3.63) is 57.3 Å². The summed E-state index contributed by atoms with van der Waals surface area (Å²) in [5.74, 6) is 2.34. The standard InChI is InChI=1S/C19H15ClN2OS2/c1-4-11-22-16-12(2)5-10-15(20)17(16)25-19(22)21-18(23)13-6-8-14(24-3)9-7-13/h1,5-10H,11H2,2-3H3. The zero-order valence-electron chi connectivity index (χ0n) is 13.7. The number of carbonyl (C=O) groups excluding carboxylic acids is 1. The summed E-state index contributed by atoms with van der Waals surface area (Å²) < 4.78 is 2.76. The van der Waals surface area contributed by atoms with E-state index in [1.54, 1.807) is 23.9 Å². The minimum atomic E-state index is -0.293. The molecule has 0 aliphatic carbocycles. The van der Waals surface area contributed by atoms with Crippen molar-refractivity contribution in [2.24, 2.45) is 4.99 Å². The first-order valence-electron chi connectivity index (χ1n) is 7.50. The molecular formula is C19H15ClN2OS2. The van der Waals surface area contributed by atoms with Gasteiger partial charge in [-0.2, -0.15) is 4.99 Å². The number of carbonyl (C=O) groups is 1. The molecule has 0 radical (unpaired) electrons. The van der Waals surface area contributed by atoms with Crippen molar-refractivity contribution in [3.8, 4) is 12.3 Å². The van der Waals surface area contributed by atoms with Crippen molar-refractivity contribution in [2.75, 3.05) is 6.26 Å². The van der Waals surface area contributed by atoms with Gasteiger partial charge in [0.25, 0.3) is 5.91 Å². The van der Waals surface area contributed by atoms with Crippen LogP contribution >= 0.6 is 34.7 Å². The Balaban J connectivity index is 2.16. The highest BCUT2D eigenvalue weighted by Gasteiger charge is 2.13. The molecule has 1 heterocycles. The molecule has 0 aliphatic heterocycles. The maximum Gasteiger partial charge on any atom is 0.279 e. The Morgan fingerprint density at radius 1 is 1.32 bits per heavy atom. The number of hydrogen-bond acceptors (Lipinski definition) is 3. The molecule has 25 heavy (non-hydrogen) atoms. The molecule has 1 aromatic heterocycles. The fourth-order valence-electron chi connectivity index (χ4n) is 2.53. The fourth-order valence-corrected chi connectivity index (χ4v) is 4.31. The number of terminal acetylenes is 1. The summed E-state index contributed by atoms with van der Waals surface area (Å²) in [5, 5.41) is 0.634. The van der Waals surface area contributed by atoms with Crippen LogP contribution in [0.15, 0.2) is 46.3 Å². The molecule has 0 N–H and O–H groups in total. The van der Waals surface area contributed by atoms with E-state index in [0.29, 0.717) is 21.9 Å². The molecular weight excluding hydrogens is 372 g/mol. The summed E-state index contributed by atoms with van der Waals surface area (Å²) in [7, 11) is 0. The second-order valence-corrected chi connectivity index (χ2v) is 7.63. The molecule has 3 aromatic rings. The van der Waals surface area contributed by atoms with E-state index in [-0.39, 0.29) is 5.91 Å². The number of rotatable bonds is 3. The summed E-state index contributed by atoms with van der Waals surface area (Å²) in [6.07, 6.45) is 7.51. The maximum absolute atomic E-state index is 12.6. The molecule has 0 spiro atoms. The lowest BCUT2D eigenvalue weighted by molar-refractivity contribution is 0.0998. The van der Waals surface area contributed by atoms with Crippen LogP contribution < -0.4 is 4.80 Å². The van der Waals surface area contributed by atoms with Crippen LogP contribution in [-0.4, -0.2) is 16.7 Å². The number of aryl methyl sites for hydroxylation is 1. The van der Waals surface area contributed by atoms with E-state index in [0.717, 1.165) is 20.7 Å². The van der Waals surface area contributed by atoms with Gasteiger partial charge in [-0.3, -0.25) is 4.79 Å². The van der Waals surface area contributed by atoms with E-state index >= 15 is 0 Å². The average molecular weight is 387 g/mol. The Morgan fingerprint density at radius 3 is 2.68 bits per heavy atom. The van der Waals surface area contributed by atoms with Crippen LogP contribution in [0.5, 0.6) is 0 Å². The molecule has 1 amide bonds. The summed E-state index contributed by atoms with van der Waals surface area (Å²) in [5.41, 5.74) is 2.52. The highest BCUT2D eigenvalue weighted by atomic mass is 35.5. The zero-order valence-corrected chi connectivity index (χ0v) is 16.1. The highest BCUT2D eigenvalue weighted by molar-refractivity contribution is 7.98. The number of fused-ring (bicyclic) bond motifs is 1. The van der Waals surface area contributed by atoms with E-state index in [1.807, 2.05) is 42.0 Å². The topological polar surface area (TPSA) is 34.4 Å². The first-order chi connectivity index (χ1) is 12.0. The van der Waals surface area contributed by atoms with Crippen molar-refractivity contribution < 1.29 is 4.79 Å². The Bertz CT molecular complexity index is 1060. The SMILES string of the molecule is C#CCn1c(=NC(=O)c2ccc(SC)cc2)sc2c(Cl)ccc(C)c21. The first kappa shape index (κ1) is 17.8. The molecule has 3 rings (SSSR count). The normalized spacial score (nSPS) is 11.7. The van der Waals surface area contributed by atoms with Gasteiger partial charge in [-0.15, -0.1) is 18.2 Å². The average Bonchev–Trinajstić information content (AvgIpc) is 2.98. The van der Waals surface area contributed by atoms with Gasteiger partial charge in [0, 0.05) is 10.5 Å². The van der Waals surface area contributed by atoms with Crippen molar-refractivity contribution in [1.82, 2.24) is 4.57 Å². The van der Waals surface area contributed by atoms with Gasteiger partial charge < -0.3 is 4.57 Å². The number of nitrogens with zero attached hydrogens (tertiary/aromatic N) is 2. The van der Waals surface area contributed by atoms with E-state index in [2.05, 4.69) is 10.9 Å². The summed E-state index contributed by atoms with van der Waals surface area (Å²) in [4.78, 5) is 18.5. The van der Waals surface area contributed by atoms with E-state index in [4.69, 9.17) is 18.0 Å². The zero-order chi connectivity index (χ0) is 18.0. The smallest absolute Gasteiger partial charge is 0.279 e. The molecule has 3 nitrogen and oxygen atoms in total. The number of thioether (sulfide) groups is 1. The van der Waals surface area contributed by atoms with E-state index < -0.39 is 0 Å². The molecule has 2 aromatic carbocycles. The van der Waals surface area contributed by atoms with Crippen LogP contribution in [0.3, 0.4) is 0 Å². The van der Waals surface area contributed by atoms with Gasteiger partial charge >= 0.3 is 0 Å². The number of thiazole rings is 1. The van der Waals surface area contributed by atoms with E-state index in [1.165, 1.54) is 11.3 Å². The largest absolute Gasteiger partial charge is 0.304 e. The second-order valence-electron chi connectivity index (χ2n) is 5.36. The lowest BCUT2D eigenvalue weighted by Crippen LogP contribution is -2.16. The van der Waals surface area contributed by atoms with Crippen LogP contribution in [0, 0.1) is 19.3 Å². The van der Waals surface area contributed by atoms with Gasteiger partial charge in [0.05, 0.1) is 21.8 Å². The number of aromatic nitrogens is 1. The van der Waals surface area contributed by atoms with Crippen LogP contribution in [-0.2, 0) is 6.54 Å². The summed E-state index contributed by atoms with van der Waals surface area (Å²) in [6.45, 7) is 2.32. The van der Waals surface area contributed by atoms with Gasteiger partial charge in [-0.1, -0.05) is 34.9 Å². The Kier molecular flexibility index (Phi) is 5.33. The molecule has 0 saturated carbocycles. The summed E-state index contributed by atoms with van der Waals surface area (Å²) in [6, 6.07) is 11.2. The Labute approximate surface area is 159 Å². The minimum absolute atomic E-state index is 0.293. The van der Waals surface area contributed by atoms with Crippen LogP contribution in [0.2, 0.25) is 5.02 Å². The minimum Gasteiger partial charge on any atom is -0.304 e. The third-order valence-corrected chi connectivity index (χ3v) is 6.05. The molecule has 0 unspecified atom stereocenters. The molecule has 6 heteroatoms.